The van der Waals surface area contributed by atoms with Crippen LogP contribution in [0.4, 0.5) is 5.69 Å². The van der Waals surface area contributed by atoms with Crippen molar-refractivity contribution in [1.82, 2.24) is 0 Å². The maximum Gasteiger partial charge on any atom is 0.335 e. The predicted octanol–water partition coefficient (Wildman–Crippen LogP) is 5.03. The van der Waals surface area contributed by atoms with Gasteiger partial charge in [0, 0.05) is 11.8 Å². The second-order valence-corrected chi connectivity index (χ2v) is 6.27. The standard InChI is InChI=1S/C23H21NO4/c1-16-5-3-7-20(13-16)24-14-19-6-4-8-21(27-2)22(19)28-15-17-9-11-18(12-10-17)23(25)26/h3-14H,15H2,1-2H3,(H,25,26). The Bertz CT molecular complexity index is 994. The molecule has 3 rings (SSSR count). The molecule has 0 radical (unpaired) electrons. The fraction of sp³-hybridized carbons (Fsp3) is 0.130. The molecule has 0 saturated heterocycles. The molecule has 0 amide bonds. The van der Waals surface area contributed by atoms with Crippen molar-refractivity contribution in [3.63, 3.8) is 0 Å². The lowest BCUT2D eigenvalue weighted by atomic mass is 10.1. The SMILES string of the molecule is COc1cccc(C=Nc2cccc(C)c2)c1OCc1ccc(C(=O)O)cc1. The van der Waals surface area contributed by atoms with Gasteiger partial charge in [0.1, 0.15) is 6.61 Å². The van der Waals surface area contributed by atoms with Gasteiger partial charge in [-0.25, -0.2) is 4.79 Å². The Balaban J connectivity index is 1.82. The summed E-state index contributed by atoms with van der Waals surface area (Å²) in [5.41, 5.74) is 3.90. The van der Waals surface area contributed by atoms with Crippen LogP contribution >= 0.6 is 0 Å². The van der Waals surface area contributed by atoms with E-state index in [-0.39, 0.29) is 12.2 Å². The van der Waals surface area contributed by atoms with Crippen LogP contribution < -0.4 is 9.47 Å². The van der Waals surface area contributed by atoms with Gasteiger partial charge in [0.05, 0.1) is 18.4 Å². The lowest BCUT2D eigenvalue weighted by molar-refractivity contribution is 0.0697. The van der Waals surface area contributed by atoms with Crippen LogP contribution in [0.3, 0.4) is 0 Å². The molecule has 0 aliphatic heterocycles. The van der Waals surface area contributed by atoms with E-state index in [1.54, 1.807) is 37.6 Å². The number of para-hydroxylation sites is 1. The molecule has 0 aromatic heterocycles. The highest BCUT2D eigenvalue weighted by atomic mass is 16.5. The molecule has 0 saturated carbocycles. The maximum atomic E-state index is 11.0. The summed E-state index contributed by atoms with van der Waals surface area (Å²) in [5.74, 6) is 0.242. The first kappa shape index (κ1) is 19.2. The minimum Gasteiger partial charge on any atom is -0.493 e. The van der Waals surface area contributed by atoms with E-state index in [2.05, 4.69) is 4.99 Å². The number of aliphatic imine (C=N–C) groups is 1. The molecular weight excluding hydrogens is 354 g/mol. The van der Waals surface area contributed by atoms with Gasteiger partial charge in [-0.15, -0.1) is 0 Å². The first-order valence-corrected chi connectivity index (χ1v) is 8.79. The van der Waals surface area contributed by atoms with Crippen LogP contribution in [0.5, 0.6) is 11.5 Å². The second kappa shape index (κ2) is 8.86. The normalized spacial score (nSPS) is 10.8. The van der Waals surface area contributed by atoms with E-state index >= 15 is 0 Å². The molecule has 0 aliphatic rings. The van der Waals surface area contributed by atoms with Gasteiger partial charge >= 0.3 is 5.97 Å². The molecule has 0 fully saturated rings. The Labute approximate surface area is 163 Å². The molecule has 142 valence electrons. The quantitative estimate of drug-likeness (QED) is 0.588. The van der Waals surface area contributed by atoms with Gasteiger partial charge in [-0.3, -0.25) is 4.99 Å². The lowest BCUT2D eigenvalue weighted by Gasteiger charge is -2.13. The van der Waals surface area contributed by atoms with Crippen LogP contribution in [0.25, 0.3) is 0 Å². The zero-order chi connectivity index (χ0) is 19.9. The third-order valence-corrected chi connectivity index (χ3v) is 4.17. The molecule has 1 N–H and O–H groups in total. The van der Waals surface area contributed by atoms with Crippen LogP contribution in [0.15, 0.2) is 71.7 Å². The number of carboxylic acid groups (broad SMARTS) is 1. The van der Waals surface area contributed by atoms with Crippen molar-refractivity contribution in [3.8, 4) is 11.5 Å². The summed E-state index contributed by atoms with van der Waals surface area (Å²) in [5, 5.41) is 9.00. The van der Waals surface area contributed by atoms with Crippen molar-refractivity contribution in [3.05, 3.63) is 89.0 Å². The first-order valence-electron chi connectivity index (χ1n) is 8.79. The minimum absolute atomic E-state index is 0.243. The molecule has 0 atom stereocenters. The molecule has 0 spiro atoms. The Morgan fingerprint density at radius 3 is 2.50 bits per heavy atom. The maximum absolute atomic E-state index is 11.0. The van der Waals surface area contributed by atoms with Crippen LogP contribution in [-0.4, -0.2) is 24.4 Å². The van der Waals surface area contributed by atoms with E-state index < -0.39 is 5.97 Å². The average Bonchev–Trinajstić information content (AvgIpc) is 2.71. The van der Waals surface area contributed by atoms with Crippen molar-refractivity contribution >= 4 is 17.9 Å². The van der Waals surface area contributed by atoms with E-state index in [9.17, 15) is 4.79 Å². The van der Waals surface area contributed by atoms with E-state index in [1.807, 2.05) is 49.4 Å². The summed E-state index contributed by atoms with van der Waals surface area (Å²) >= 11 is 0. The number of ether oxygens (including phenoxy) is 2. The van der Waals surface area contributed by atoms with Gasteiger partial charge in [-0.1, -0.05) is 30.3 Å². The van der Waals surface area contributed by atoms with E-state index in [0.29, 0.717) is 11.5 Å². The van der Waals surface area contributed by atoms with Gasteiger partial charge in [0.15, 0.2) is 11.5 Å². The Morgan fingerprint density at radius 2 is 1.82 bits per heavy atom. The van der Waals surface area contributed by atoms with Gasteiger partial charge in [-0.2, -0.15) is 0 Å². The number of hydrogen-bond acceptors (Lipinski definition) is 4. The summed E-state index contributed by atoms with van der Waals surface area (Å²) in [6.07, 6.45) is 1.75. The monoisotopic (exact) mass is 375 g/mol. The number of aromatic carboxylic acids is 1. The fourth-order valence-corrected chi connectivity index (χ4v) is 2.70. The number of carbonyl (C=O) groups is 1. The molecule has 28 heavy (non-hydrogen) atoms. The Morgan fingerprint density at radius 1 is 1.07 bits per heavy atom. The number of rotatable bonds is 7. The highest BCUT2D eigenvalue weighted by molar-refractivity contribution is 5.88. The molecule has 3 aromatic rings. The number of hydrogen-bond donors (Lipinski definition) is 1. The number of carboxylic acids is 1. The topological polar surface area (TPSA) is 68.1 Å². The molecule has 0 unspecified atom stereocenters. The summed E-state index contributed by atoms with van der Waals surface area (Å²) in [7, 11) is 1.59. The van der Waals surface area contributed by atoms with E-state index in [1.165, 1.54) is 0 Å². The van der Waals surface area contributed by atoms with Gasteiger partial charge in [-0.05, 0) is 54.4 Å². The second-order valence-electron chi connectivity index (χ2n) is 6.27. The van der Waals surface area contributed by atoms with Crippen molar-refractivity contribution in [2.45, 2.75) is 13.5 Å². The molecule has 3 aromatic carbocycles. The Kier molecular flexibility index (Phi) is 6.07. The van der Waals surface area contributed by atoms with Gasteiger partial charge in [0.25, 0.3) is 0 Å². The summed E-state index contributed by atoms with van der Waals surface area (Å²) < 4.78 is 11.4. The summed E-state index contributed by atoms with van der Waals surface area (Å²) in [6, 6.07) is 20.1. The number of methoxy groups -OCH3 is 1. The smallest absolute Gasteiger partial charge is 0.335 e. The number of nitrogens with zero attached hydrogens (tertiary/aromatic N) is 1. The van der Waals surface area contributed by atoms with Crippen LogP contribution in [0, 0.1) is 6.92 Å². The van der Waals surface area contributed by atoms with Crippen LogP contribution in [0.1, 0.15) is 27.0 Å². The summed E-state index contributed by atoms with van der Waals surface area (Å²) in [4.78, 5) is 15.5. The lowest BCUT2D eigenvalue weighted by Crippen LogP contribution is -2.02. The number of benzene rings is 3. The van der Waals surface area contributed by atoms with Gasteiger partial charge < -0.3 is 14.6 Å². The third kappa shape index (κ3) is 4.76. The Hall–Kier alpha value is -3.60. The summed E-state index contributed by atoms with van der Waals surface area (Å²) in [6.45, 7) is 2.31. The van der Waals surface area contributed by atoms with Crippen LogP contribution in [-0.2, 0) is 6.61 Å². The number of aryl methyl sites for hydroxylation is 1. The fourth-order valence-electron chi connectivity index (χ4n) is 2.70. The largest absolute Gasteiger partial charge is 0.493 e. The molecule has 0 bridgehead atoms. The van der Waals surface area contributed by atoms with Gasteiger partial charge in [0.2, 0.25) is 0 Å². The molecular formula is C23H21NO4. The van der Waals surface area contributed by atoms with Crippen molar-refractivity contribution in [2.24, 2.45) is 4.99 Å². The first-order chi connectivity index (χ1) is 13.6. The van der Waals surface area contributed by atoms with Crippen LogP contribution in [0.2, 0.25) is 0 Å². The minimum atomic E-state index is -0.952. The van der Waals surface area contributed by atoms with Crippen molar-refractivity contribution in [1.29, 1.82) is 0 Å². The molecule has 0 heterocycles. The average molecular weight is 375 g/mol. The highest BCUT2D eigenvalue weighted by Gasteiger charge is 2.10. The van der Waals surface area contributed by atoms with E-state index in [0.717, 1.165) is 22.4 Å². The van der Waals surface area contributed by atoms with E-state index in [4.69, 9.17) is 14.6 Å². The van der Waals surface area contributed by atoms with Crippen molar-refractivity contribution < 1.29 is 19.4 Å². The molecule has 5 nitrogen and oxygen atoms in total. The predicted molar refractivity (Wildman–Crippen MR) is 109 cm³/mol. The molecule has 0 aliphatic carbocycles. The zero-order valence-electron chi connectivity index (χ0n) is 15.8. The zero-order valence-corrected chi connectivity index (χ0v) is 15.8. The third-order valence-electron chi connectivity index (χ3n) is 4.17. The highest BCUT2D eigenvalue weighted by Crippen LogP contribution is 2.31. The molecule has 5 heteroatoms. The van der Waals surface area contributed by atoms with Crippen molar-refractivity contribution in [2.75, 3.05) is 7.11 Å².